The van der Waals surface area contributed by atoms with E-state index in [9.17, 15) is 31.7 Å². The number of benzene rings is 2. The first-order chi connectivity index (χ1) is 14.9. The maximum Gasteiger partial charge on any atom is 0.269 e. The third-order valence-electron chi connectivity index (χ3n) is 5.07. The van der Waals surface area contributed by atoms with Crippen molar-refractivity contribution in [1.82, 2.24) is 13.5 Å². The second kappa shape index (κ2) is 8.94. The number of nitrogens with zero attached hydrogens (tertiary/aromatic N) is 4. The van der Waals surface area contributed by atoms with Gasteiger partial charge >= 0.3 is 0 Å². The molecular weight excluding hydrogens is 460 g/mol. The number of nitro groups is 1. The van der Waals surface area contributed by atoms with Gasteiger partial charge in [-0.15, -0.1) is 0 Å². The fourth-order valence-electron chi connectivity index (χ4n) is 3.20. The number of rotatable bonds is 6. The van der Waals surface area contributed by atoms with Crippen LogP contribution in [-0.4, -0.2) is 81.5 Å². The Bertz CT molecular complexity index is 1230. The van der Waals surface area contributed by atoms with Crippen molar-refractivity contribution in [3.63, 3.8) is 0 Å². The molecule has 0 N–H and O–H groups in total. The zero-order valence-corrected chi connectivity index (χ0v) is 19.0. The molecule has 2 aromatic carbocycles. The molecule has 3 rings (SSSR count). The maximum absolute atomic E-state index is 12.9. The van der Waals surface area contributed by atoms with Crippen molar-refractivity contribution in [2.45, 2.75) is 9.79 Å². The summed E-state index contributed by atoms with van der Waals surface area (Å²) in [4.78, 5) is 24.4. The van der Waals surface area contributed by atoms with Crippen LogP contribution in [0, 0.1) is 10.1 Å². The lowest BCUT2D eigenvalue weighted by Gasteiger charge is -2.34. The Morgan fingerprint density at radius 1 is 0.938 bits per heavy atom. The van der Waals surface area contributed by atoms with Gasteiger partial charge in [-0.25, -0.2) is 21.1 Å². The maximum atomic E-state index is 12.9. The minimum absolute atomic E-state index is 0.00673. The van der Waals surface area contributed by atoms with Crippen molar-refractivity contribution >= 4 is 31.6 Å². The van der Waals surface area contributed by atoms with Crippen molar-refractivity contribution in [3.05, 3.63) is 64.2 Å². The highest BCUT2D eigenvalue weighted by molar-refractivity contribution is 7.89. The van der Waals surface area contributed by atoms with Gasteiger partial charge < -0.3 is 4.90 Å². The first kappa shape index (κ1) is 23.8. The minimum Gasteiger partial charge on any atom is -0.336 e. The van der Waals surface area contributed by atoms with Gasteiger partial charge in [-0.05, 0) is 30.3 Å². The molecule has 172 valence electrons. The number of amides is 1. The fourth-order valence-corrected chi connectivity index (χ4v) is 5.57. The number of hydrogen-bond donors (Lipinski definition) is 0. The average molecular weight is 483 g/mol. The van der Waals surface area contributed by atoms with Gasteiger partial charge in [-0.3, -0.25) is 14.9 Å². The number of hydrogen-bond acceptors (Lipinski definition) is 7. The number of nitro benzene ring substituents is 1. The van der Waals surface area contributed by atoms with Gasteiger partial charge in [0.1, 0.15) is 0 Å². The molecule has 1 fully saturated rings. The highest BCUT2D eigenvalue weighted by atomic mass is 32.2. The van der Waals surface area contributed by atoms with Crippen LogP contribution in [0.15, 0.2) is 58.3 Å². The summed E-state index contributed by atoms with van der Waals surface area (Å²) >= 11 is 0. The van der Waals surface area contributed by atoms with E-state index < -0.39 is 30.9 Å². The van der Waals surface area contributed by atoms with Crippen LogP contribution in [0.3, 0.4) is 0 Å². The van der Waals surface area contributed by atoms with E-state index in [1.807, 2.05) is 0 Å². The summed E-state index contributed by atoms with van der Waals surface area (Å²) in [5.74, 6) is -0.395. The molecule has 0 unspecified atom stereocenters. The zero-order valence-electron chi connectivity index (χ0n) is 17.4. The van der Waals surface area contributed by atoms with E-state index >= 15 is 0 Å². The largest absolute Gasteiger partial charge is 0.336 e. The van der Waals surface area contributed by atoms with Crippen LogP contribution in [0.4, 0.5) is 5.69 Å². The van der Waals surface area contributed by atoms with E-state index in [-0.39, 0.29) is 47.2 Å². The minimum atomic E-state index is -3.87. The highest BCUT2D eigenvalue weighted by Gasteiger charge is 2.31. The van der Waals surface area contributed by atoms with Crippen molar-refractivity contribution in [2.24, 2.45) is 0 Å². The Kier molecular flexibility index (Phi) is 6.64. The Hall–Kier alpha value is -2.87. The van der Waals surface area contributed by atoms with E-state index in [1.165, 1.54) is 59.7 Å². The molecule has 13 heteroatoms. The number of non-ortho nitro benzene ring substituents is 1. The molecule has 0 radical (unpaired) electrons. The second-order valence-electron chi connectivity index (χ2n) is 7.26. The molecule has 0 saturated carbocycles. The summed E-state index contributed by atoms with van der Waals surface area (Å²) in [6.45, 7) is 0.326. The second-order valence-corrected chi connectivity index (χ2v) is 11.4. The summed E-state index contributed by atoms with van der Waals surface area (Å²) in [6, 6.07) is 10.3. The smallest absolute Gasteiger partial charge is 0.269 e. The summed E-state index contributed by atoms with van der Waals surface area (Å²) < 4.78 is 52.5. The summed E-state index contributed by atoms with van der Waals surface area (Å²) in [7, 11) is -4.77. The van der Waals surface area contributed by atoms with Crippen molar-refractivity contribution in [2.75, 3.05) is 40.3 Å². The van der Waals surface area contributed by atoms with Crippen molar-refractivity contribution in [3.8, 4) is 0 Å². The summed E-state index contributed by atoms with van der Waals surface area (Å²) in [6.07, 6.45) is 0. The Morgan fingerprint density at radius 2 is 1.53 bits per heavy atom. The first-order valence-corrected chi connectivity index (χ1v) is 12.4. The van der Waals surface area contributed by atoms with Gasteiger partial charge in [0.25, 0.3) is 11.6 Å². The quantitative estimate of drug-likeness (QED) is 0.442. The van der Waals surface area contributed by atoms with E-state index in [4.69, 9.17) is 0 Å². The van der Waals surface area contributed by atoms with Gasteiger partial charge in [0, 0.05) is 58.0 Å². The molecule has 2 aromatic rings. The molecule has 0 aromatic heterocycles. The number of carbonyl (C=O) groups excluding carboxylic acids is 1. The van der Waals surface area contributed by atoms with E-state index in [1.54, 1.807) is 0 Å². The van der Waals surface area contributed by atoms with Crippen molar-refractivity contribution < 1.29 is 26.6 Å². The summed E-state index contributed by atoms with van der Waals surface area (Å²) in [5, 5.41) is 10.8. The molecule has 1 heterocycles. The van der Waals surface area contributed by atoms with Gasteiger partial charge in [-0.1, -0.05) is 6.07 Å². The van der Waals surface area contributed by atoms with Crippen LogP contribution in [0.2, 0.25) is 0 Å². The van der Waals surface area contributed by atoms with Crippen LogP contribution in [0.25, 0.3) is 0 Å². The highest BCUT2D eigenvalue weighted by Crippen LogP contribution is 2.22. The normalized spacial score (nSPS) is 15.7. The van der Waals surface area contributed by atoms with Gasteiger partial charge in [0.2, 0.25) is 20.0 Å². The average Bonchev–Trinajstić information content (AvgIpc) is 2.78. The Labute approximate surface area is 186 Å². The van der Waals surface area contributed by atoms with Gasteiger partial charge in [0.15, 0.2) is 0 Å². The zero-order chi connectivity index (χ0) is 23.7. The lowest BCUT2D eigenvalue weighted by atomic mass is 10.2. The molecule has 1 aliphatic heterocycles. The van der Waals surface area contributed by atoms with Crippen LogP contribution < -0.4 is 0 Å². The molecule has 0 aliphatic carbocycles. The predicted octanol–water partition coefficient (Wildman–Crippen LogP) is 0.992. The molecule has 1 amide bonds. The van der Waals surface area contributed by atoms with Crippen LogP contribution >= 0.6 is 0 Å². The van der Waals surface area contributed by atoms with Crippen molar-refractivity contribution in [1.29, 1.82) is 0 Å². The third-order valence-corrected chi connectivity index (χ3v) is 8.79. The molecule has 0 spiro atoms. The third kappa shape index (κ3) is 4.65. The SMILES string of the molecule is CN(C)S(=O)(=O)c1cccc(C(=O)N2CCN(S(=O)(=O)c3ccc([N+](=O)[O-])cc3)CC2)c1. The van der Waals surface area contributed by atoms with Crippen LogP contribution in [0.1, 0.15) is 10.4 Å². The lowest BCUT2D eigenvalue weighted by molar-refractivity contribution is -0.384. The first-order valence-electron chi connectivity index (χ1n) is 9.51. The molecular formula is C19H22N4O7S2. The van der Waals surface area contributed by atoms with Crippen LogP contribution in [-0.2, 0) is 20.0 Å². The molecule has 0 bridgehead atoms. The van der Waals surface area contributed by atoms with Gasteiger partial charge in [0.05, 0.1) is 14.7 Å². The molecule has 32 heavy (non-hydrogen) atoms. The lowest BCUT2D eigenvalue weighted by Crippen LogP contribution is -2.50. The van der Waals surface area contributed by atoms with E-state index in [2.05, 4.69) is 0 Å². The monoisotopic (exact) mass is 482 g/mol. The fraction of sp³-hybridized carbons (Fsp3) is 0.316. The van der Waals surface area contributed by atoms with Gasteiger partial charge in [-0.2, -0.15) is 4.31 Å². The number of carbonyl (C=O) groups is 1. The number of piperazine rings is 1. The standard InChI is InChI=1S/C19H22N4O7S2/c1-20(2)31(27,28)18-5-3-4-15(14-18)19(24)21-10-12-22(13-11-21)32(29,30)17-8-6-16(7-9-17)23(25)26/h3-9,14H,10-13H2,1-2H3. The number of sulfonamides is 2. The molecule has 1 saturated heterocycles. The molecule has 0 atom stereocenters. The molecule has 11 nitrogen and oxygen atoms in total. The Morgan fingerprint density at radius 3 is 2.06 bits per heavy atom. The van der Waals surface area contributed by atoms with E-state index in [0.29, 0.717) is 0 Å². The van der Waals surface area contributed by atoms with Crippen LogP contribution in [0.5, 0.6) is 0 Å². The summed E-state index contributed by atoms with van der Waals surface area (Å²) in [5.41, 5.74) is -0.0162. The predicted molar refractivity (Wildman–Crippen MR) is 115 cm³/mol. The Balaban J connectivity index is 1.72. The van der Waals surface area contributed by atoms with E-state index in [0.717, 1.165) is 16.4 Å². The molecule has 1 aliphatic rings. The topological polar surface area (TPSA) is 138 Å².